The lowest BCUT2D eigenvalue weighted by Crippen LogP contribution is -2.14. The topological polar surface area (TPSA) is 101 Å². The van der Waals surface area contributed by atoms with Crippen LogP contribution >= 0.6 is 0 Å². The number of primary amides is 1. The monoisotopic (exact) mass is 158 g/mol. The predicted octanol–water partition coefficient (Wildman–Crippen LogP) is 0.0884. The Kier molecular flexibility index (Phi) is 3.45. The third kappa shape index (κ3) is 2.53. The van der Waals surface area contributed by atoms with E-state index in [1.54, 1.807) is 6.92 Å². The number of carbonyl (C=O) groups excluding carboxylic acids is 1. The molecule has 0 bridgehead atoms. The van der Waals surface area contributed by atoms with Crippen molar-refractivity contribution in [1.29, 1.82) is 5.39 Å². The summed E-state index contributed by atoms with van der Waals surface area (Å²) >= 11 is 0. The van der Waals surface area contributed by atoms with Gasteiger partial charge in [0.05, 0.1) is 6.61 Å². The molecule has 0 saturated carbocycles. The summed E-state index contributed by atoms with van der Waals surface area (Å²) in [7, 11) is 0. The van der Waals surface area contributed by atoms with Gasteiger partial charge in [0.2, 0.25) is 5.39 Å². The van der Waals surface area contributed by atoms with Crippen LogP contribution in [-0.4, -0.2) is 17.6 Å². The van der Waals surface area contributed by atoms with Crippen LogP contribution in [0.25, 0.3) is 4.98 Å². The maximum atomic E-state index is 10.3. The average molecular weight is 158 g/mol. The minimum atomic E-state index is -1.06. The molecule has 1 amide bonds. The molecule has 6 heteroatoms. The standard InChI is InChI=1S/C5H7N3O3/c1-2-11-5(10)3(8-7)4(6)9/h2H2,1H3,(H2-,6,9,10)/p+1. The van der Waals surface area contributed by atoms with Gasteiger partial charge in [-0.2, -0.15) is 0 Å². The van der Waals surface area contributed by atoms with Gasteiger partial charge in [-0.05, 0) is 6.92 Å². The van der Waals surface area contributed by atoms with Gasteiger partial charge >= 0.3 is 17.5 Å². The Balaban J connectivity index is 4.58. The molecule has 0 unspecified atom stereocenters. The van der Waals surface area contributed by atoms with Crippen molar-refractivity contribution >= 4 is 5.91 Å². The van der Waals surface area contributed by atoms with Crippen molar-refractivity contribution in [1.82, 2.24) is 0 Å². The minimum Gasteiger partial charge on any atom is -0.475 e. The van der Waals surface area contributed by atoms with Crippen molar-refractivity contribution in [2.45, 2.75) is 6.92 Å². The van der Waals surface area contributed by atoms with Crippen LogP contribution in [0.4, 0.5) is 0 Å². The van der Waals surface area contributed by atoms with E-state index in [0.717, 1.165) is 0 Å². The number of diazo groups is 1. The Morgan fingerprint density at radius 3 is 2.64 bits per heavy atom. The number of nitrogens with two attached hydrogens (primary N) is 1. The number of amides is 1. The van der Waals surface area contributed by atoms with E-state index >= 15 is 0 Å². The second kappa shape index (κ2) is 4.11. The number of ether oxygens (including phenoxy) is 1. The van der Waals surface area contributed by atoms with Crippen LogP contribution in [0.5, 0.6) is 0 Å². The van der Waals surface area contributed by atoms with Crippen LogP contribution in [0.15, 0.2) is 11.6 Å². The van der Waals surface area contributed by atoms with Gasteiger partial charge in [0.25, 0.3) is 0 Å². The second-order valence-electron chi connectivity index (χ2n) is 1.55. The third-order valence-corrected chi connectivity index (χ3v) is 0.817. The van der Waals surface area contributed by atoms with E-state index in [-0.39, 0.29) is 6.61 Å². The molecule has 0 aromatic carbocycles. The van der Waals surface area contributed by atoms with Crippen LogP contribution < -0.4 is 5.73 Å². The molecular formula is C5H8N3O3+. The van der Waals surface area contributed by atoms with E-state index < -0.39 is 17.5 Å². The van der Waals surface area contributed by atoms with Gasteiger partial charge in [-0.15, -0.1) is 0 Å². The number of hydrogen-bond acceptors (Lipinski definition) is 4. The molecule has 11 heavy (non-hydrogen) atoms. The molecule has 0 rings (SSSR count). The van der Waals surface area contributed by atoms with E-state index in [0.29, 0.717) is 0 Å². The second-order valence-corrected chi connectivity index (χ2v) is 1.55. The molecule has 0 aromatic rings. The Morgan fingerprint density at radius 2 is 2.36 bits per heavy atom. The lowest BCUT2D eigenvalue weighted by molar-refractivity contribution is -0.114. The molecule has 3 N–H and O–H groups in total. The zero-order chi connectivity index (χ0) is 8.85. The molecule has 6 nitrogen and oxygen atoms in total. The molecule has 0 aliphatic rings. The van der Waals surface area contributed by atoms with Crippen LogP contribution in [0.2, 0.25) is 0 Å². The van der Waals surface area contributed by atoms with Crippen LogP contribution in [0.3, 0.4) is 0 Å². The number of rotatable bonds is 3. The first-order valence-corrected chi connectivity index (χ1v) is 2.84. The van der Waals surface area contributed by atoms with E-state index in [1.165, 1.54) is 0 Å². The highest BCUT2D eigenvalue weighted by molar-refractivity contribution is 5.93. The fraction of sp³-hybridized carbons (Fsp3) is 0.400. The normalized spacial score (nSPS) is 11.3. The molecule has 0 saturated heterocycles. The van der Waals surface area contributed by atoms with E-state index in [2.05, 4.69) is 15.4 Å². The van der Waals surface area contributed by atoms with E-state index in [9.17, 15) is 4.79 Å². The fourth-order valence-electron chi connectivity index (χ4n) is 0.403. The third-order valence-electron chi connectivity index (χ3n) is 0.817. The van der Waals surface area contributed by atoms with Crippen molar-refractivity contribution in [2.24, 2.45) is 5.73 Å². The molecule has 0 heterocycles. The van der Waals surface area contributed by atoms with Crippen LogP contribution in [-0.2, 0) is 9.53 Å². The molecule has 0 aliphatic heterocycles. The Labute approximate surface area is 62.9 Å². The predicted molar refractivity (Wildman–Crippen MR) is 35.6 cm³/mol. The van der Waals surface area contributed by atoms with Crippen molar-refractivity contribution in [3.8, 4) is 0 Å². The molecule has 0 fully saturated rings. The smallest absolute Gasteiger partial charge is 0.475 e. The van der Waals surface area contributed by atoms with Crippen LogP contribution in [0, 0.1) is 5.39 Å². The Bertz CT molecular complexity index is 228. The molecular weight excluding hydrogens is 150 g/mol. The van der Waals surface area contributed by atoms with Crippen LogP contribution in [0.1, 0.15) is 6.92 Å². The highest BCUT2D eigenvalue weighted by Gasteiger charge is 2.27. The number of aliphatic hydroxyl groups excluding tert-OH is 1. The highest BCUT2D eigenvalue weighted by atomic mass is 16.6. The average Bonchev–Trinajstić information content (AvgIpc) is 1.88. The highest BCUT2D eigenvalue weighted by Crippen LogP contribution is 2.03. The fourth-order valence-corrected chi connectivity index (χ4v) is 0.403. The van der Waals surface area contributed by atoms with Crippen molar-refractivity contribution in [3.05, 3.63) is 16.6 Å². The quantitative estimate of drug-likeness (QED) is 0.345. The summed E-state index contributed by atoms with van der Waals surface area (Å²) in [6.45, 7) is 1.74. The first-order chi connectivity index (χ1) is 5.13. The summed E-state index contributed by atoms with van der Waals surface area (Å²) in [5.41, 5.74) is 4.00. The van der Waals surface area contributed by atoms with Gasteiger partial charge in [-0.1, -0.05) is 0 Å². The summed E-state index contributed by atoms with van der Waals surface area (Å²) in [5.74, 6) is -1.83. The Morgan fingerprint density at radius 1 is 1.82 bits per heavy atom. The zero-order valence-electron chi connectivity index (χ0n) is 5.94. The Hall–Kier alpha value is -1.77. The molecule has 0 radical (unpaired) electrons. The summed E-state index contributed by atoms with van der Waals surface area (Å²) in [6.07, 6.45) is 0. The lowest BCUT2D eigenvalue weighted by Gasteiger charge is -1.94. The maximum Gasteiger partial charge on any atom is 0.527 e. The van der Waals surface area contributed by atoms with Gasteiger partial charge in [0.15, 0.2) is 4.98 Å². The summed E-state index contributed by atoms with van der Waals surface area (Å²) in [4.78, 5) is 12.8. The maximum absolute atomic E-state index is 10.3. The summed E-state index contributed by atoms with van der Waals surface area (Å²) in [6, 6.07) is 0. The van der Waals surface area contributed by atoms with Gasteiger partial charge in [-0.3, -0.25) is 4.79 Å². The number of aliphatic hydroxyl groups is 1. The van der Waals surface area contributed by atoms with Crippen molar-refractivity contribution < 1.29 is 14.6 Å². The largest absolute Gasteiger partial charge is 0.527 e. The summed E-state index contributed by atoms with van der Waals surface area (Å²) < 4.78 is 4.44. The first kappa shape index (κ1) is 9.23. The van der Waals surface area contributed by atoms with Crippen molar-refractivity contribution in [2.75, 3.05) is 6.61 Å². The SMILES string of the molecule is CCO/C(O)=C(\[N+]#N)C(N)=O. The zero-order valence-corrected chi connectivity index (χ0v) is 5.94. The number of hydrogen-bond donors (Lipinski definition) is 2. The molecule has 0 aliphatic carbocycles. The first-order valence-electron chi connectivity index (χ1n) is 2.84. The molecule has 0 atom stereocenters. The van der Waals surface area contributed by atoms with Gasteiger partial charge in [0.1, 0.15) is 0 Å². The van der Waals surface area contributed by atoms with E-state index in [4.69, 9.17) is 10.5 Å². The number of carbonyl (C=O) groups is 1. The lowest BCUT2D eigenvalue weighted by atomic mass is 10.5. The van der Waals surface area contributed by atoms with E-state index in [1.807, 2.05) is 0 Å². The van der Waals surface area contributed by atoms with Gasteiger partial charge in [-0.25, -0.2) is 0 Å². The summed E-state index contributed by atoms with van der Waals surface area (Å²) in [5, 5.41) is 16.9. The minimum absolute atomic E-state index is 0.151. The number of nitrogens with zero attached hydrogens (tertiary/aromatic N) is 2. The van der Waals surface area contributed by atoms with Gasteiger partial charge < -0.3 is 15.6 Å². The molecule has 0 spiro atoms. The van der Waals surface area contributed by atoms with Crippen molar-refractivity contribution in [3.63, 3.8) is 0 Å². The molecule has 0 aromatic heterocycles. The van der Waals surface area contributed by atoms with Gasteiger partial charge in [0, 0.05) is 0 Å². The molecule has 60 valence electrons.